The molecule has 6 rings (SSSR count). The smallest absolute Gasteiger partial charge is 0.335 e. The zero-order chi connectivity index (χ0) is 31.3. The molecule has 2 aliphatic heterocycles. The van der Waals surface area contributed by atoms with Gasteiger partial charge in [0.05, 0.1) is 36.9 Å². The number of benzene rings is 3. The monoisotopic (exact) mass is 603 g/mol. The summed E-state index contributed by atoms with van der Waals surface area (Å²) in [5.74, 6) is 1.84. The van der Waals surface area contributed by atoms with Crippen molar-refractivity contribution in [3.63, 3.8) is 0 Å². The van der Waals surface area contributed by atoms with Crippen LogP contribution < -0.4 is 14.2 Å². The molecular formula is C33H37N3O8. The lowest BCUT2D eigenvalue weighted by Gasteiger charge is -2.32. The summed E-state index contributed by atoms with van der Waals surface area (Å²) in [6.07, 6.45) is 1.97. The van der Waals surface area contributed by atoms with Gasteiger partial charge >= 0.3 is 5.97 Å². The molecule has 0 saturated carbocycles. The minimum atomic E-state index is -0.943. The van der Waals surface area contributed by atoms with Crippen molar-refractivity contribution < 1.29 is 38.7 Å². The Bertz CT molecular complexity index is 1610. The van der Waals surface area contributed by atoms with Gasteiger partial charge in [-0.05, 0) is 80.4 Å². The summed E-state index contributed by atoms with van der Waals surface area (Å²) in [5, 5.41) is 16.4. The van der Waals surface area contributed by atoms with Gasteiger partial charge in [0.2, 0.25) is 0 Å². The number of methoxy groups -OCH3 is 2. The average molecular weight is 604 g/mol. The largest absolute Gasteiger partial charge is 0.497 e. The zero-order valence-electron chi connectivity index (χ0n) is 25.1. The number of aromatic carboxylic acids is 1. The summed E-state index contributed by atoms with van der Waals surface area (Å²) in [7, 11) is 3.32. The Morgan fingerprint density at radius 3 is 2.48 bits per heavy atom. The first-order valence-corrected chi connectivity index (χ1v) is 14.5. The van der Waals surface area contributed by atoms with Crippen LogP contribution in [0.1, 0.15) is 53.0 Å². The van der Waals surface area contributed by atoms with E-state index in [1.165, 1.54) is 5.56 Å². The number of piperidine rings is 1. The molecule has 0 amide bonds. The maximum absolute atomic E-state index is 11.6. The summed E-state index contributed by atoms with van der Waals surface area (Å²) in [5.41, 5.74) is 4.00. The Kier molecular flexibility index (Phi) is 9.36. The predicted molar refractivity (Wildman–Crippen MR) is 163 cm³/mol. The lowest BCUT2D eigenvalue weighted by molar-refractivity contribution is -0.122. The van der Waals surface area contributed by atoms with E-state index in [-0.39, 0.29) is 12.0 Å². The van der Waals surface area contributed by atoms with Crippen LogP contribution in [0.5, 0.6) is 17.2 Å². The lowest BCUT2D eigenvalue weighted by atomic mass is 9.88. The molecule has 1 unspecified atom stereocenters. The van der Waals surface area contributed by atoms with Crippen LogP contribution in [0.25, 0.3) is 11.0 Å². The number of para-hydroxylation sites is 1. The zero-order valence-corrected chi connectivity index (χ0v) is 25.1. The molecule has 0 radical (unpaired) electrons. The van der Waals surface area contributed by atoms with Gasteiger partial charge < -0.3 is 33.7 Å². The van der Waals surface area contributed by atoms with E-state index >= 15 is 0 Å². The molecule has 0 aliphatic carbocycles. The molecule has 11 nitrogen and oxygen atoms in total. The Hall–Kier alpha value is -4.61. The third kappa shape index (κ3) is 6.34. The number of nitrogens with zero attached hydrogens (tertiary/aromatic N) is 3. The van der Waals surface area contributed by atoms with E-state index in [2.05, 4.69) is 15.5 Å². The number of imidazole rings is 1. The molecule has 0 bridgehead atoms. The summed E-state index contributed by atoms with van der Waals surface area (Å²) in [6.45, 7) is 5.36. The number of hydrogen-bond donors (Lipinski definition) is 2. The number of carboxylic acids is 1. The maximum Gasteiger partial charge on any atom is 0.335 e. The molecule has 3 heterocycles. The molecule has 1 atom stereocenters. The van der Waals surface area contributed by atoms with E-state index in [1.807, 2.05) is 43.3 Å². The first-order chi connectivity index (χ1) is 21.3. The molecule has 3 aromatic carbocycles. The molecule has 4 aromatic rings. The van der Waals surface area contributed by atoms with Crippen molar-refractivity contribution in [3.8, 4) is 17.2 Å². The molecule has 0 spiro atoms. The van der Waals surface area contributed by atoms with E-state index in [1.54, 1.807) is 32.4 Å². The van der Waals surface area contributed by atoms with Crippen molar-refractivity contribution in [2.75, 3.05) is 33.9 Å². The van der Waals surface area contributed by atoms with Gasteiger partial charge in [0.25, 0.3) is 12.3 Å². The number of ether oxygens (including phenoxy) is 4. The highest BCUT2D eigenvalue weighted by atomic mass is 16.7. The molecule has 1 aromatic heterocycles. The Morgan fingerprint density at radius 1 is 1.09 bits per heavy atom. The van der Waals surface area contributed by atoms with Crippen LogP contribution in [0.3, 0.4) is 0 Å². The van der Waals surface area contributed by atoms with E-state index < -0.39 is 11.8 Å². The van der Waals surface area contributed by atoms with Crippen molar-refractivity contribution in [1.82, 2.24) is 14.5 Å². The first kappa shape index (κ1) is 30.8. The third-order valence-corrected chi connectivity index (χ3v) is 8.21. The van der Waals surface area contributed by atoms with Gasteiger partial charge in [0.15, 0.2) is 11.5 Å². The number of aromatic nitrogens is 2. The molecular weight excluding hydrogens is 566 g/mol. The molecule has 44 heavy (non-hydrogen) atoms. The van der Waals surface area contributed by atoms with Gasteiger partial charge in [0.1, 0.15) is 11.6 Å². The van der Waals surface area contributed by atoms with Crippen molar-refractivity contribution in [2.24, 2.45) is 0 Å². The fourth-order valence-corrected chi connectivity index (χ4v) is 5.94. The molecule has 1 saturated heterocycles. The highest BCUT2D eigenvalue weighted by molar-refractivity contribution is 5.92. The minimum absolute atomic E-state index is 0.250. The summed E-state index contributed by atoms with van der Waals surface area (Å²) < 4.78 is 25.6. The van der Waals surface area contributed by atoms with Crippen molar-refractivity contribution in [1.29, 1.82) is 0 Å². The van der Waals surface area contributed by atoms with Gasteiger partial charge in [-0.3, -0.25) is 9.69 Å². The Balaban J connectivity index is 0.00000123. The SMILES string of the molecule is COCCn1c(CN2CCC(c3cccc4c3OC(C)(c3ccc(OC)cc3)O4)CC2)nc2ccc(C(=O)O)cc21.O=CO. The van der Waals surface area contributed by atoms with E-state index in [9.17, 15) is 9.90 Å². The van der Waals surface area contributed by atoms with Crippen LogP contribution in [-0.2, 0) is 28.4 Å². The fourth-order valence-electron chi connectivity index (χ4n) is 5.94. The molecule has 1 fully saturated rings. The normalized spacial score (nSPS) is 18.1. The van der Waals surface area contributed by atoms with Crippen LogP contribution in [0, 0.1) is 0 Å². The quantitative estimate of drug-likeness (QED) is 0.249. The number of likely N-dealkylation sites (tertiary alicyclic amines) is 1. The minimum Gasteiger partial charge on any atom is -0.497 e. The standard InChI is InChI=1S/C32H35N3O6.CH2O2/c1-32(23-8-10-24(39-3)11-9-23)40-28-6-4-5-25(30(28)41-32)21-13-15-34(16-14-21)20-29-33-26-12-7-22(31(36)37)19-27(26)35(29)17-18-38-2;2-1-3/h4-12,19,21H,13-18,20H2,1-3H3,(H,36,37);1H,(H,2,3). The van der Waals surface area contributed by atoms with Crippen LogP contribution in [0.15, 0.2) is 60.7 Å². The van der Waals surface area contributed by atoms with E-state index in [0.717, 1.165) is 65.6 Å². The maximum atomic E-state index is 11.6. The number of carbonyl (C=O) groups is 2. The second-order valence-corrected chi connectivity index (χ2v) is 10.9. The highest BCUT2D eigenvalue weighted by Crippen LogP contribution is 2.49. The summed E-state index contributed by atoms with van der Waals surface area (Å²) in [4.78, 5) is 27.2. The fraction of sp³-hybridized carbons (Fsp3) is 0.364. The number of rotatable bonds is 9. The summed E-state index contributed by atoms with van der Waals surface area (Å²) in [6, 6.07) is 19.1. The van der Waals surface area contributed by atoms with Crippen molar-refractivity contribution in [3.05, 3.63) is 83.2 Å². The van der Waals surface area contributed by atoms with Crippen molar-refractivity contribution >= 4 is 23.5 Å². The number of hydrogen-bond acceptors (Lipinski definition) is 8. The number of fused-ring (bicyclic) bond motifs is 2. The molecule has 232 valence electrons. The van der Waals surface area contributed by atoms with Crippen molar-refractivity contribution in [2.45, 2.75) is 44.6 Å². The average Bonchev–Trinajstić information content (AvgIpc) is 3.57. The lowest BCUT2D eigenvalue weighted by Crippen LogP contribution is -2.34. The van der Waals surface area contributed by atoms with Crippen LogP contribution in [0.2, 0.25) is 0 Å². The molecule has 11 heteroatoms. The molecule has 2 aliphatic rings. The van der Waals surface area contributed by atoms with Gasteiger partial charge in [0, 0.05) is 31.7 Å². The van der Waals surface area contributed by atoms with E-state index in [4.69, 9.17) is 33.8 Å². The highest BCUT2D eigenvalue weighted by Gasteiger charge is 2.41. The van der Waals surface area contributed by atoms with Crippen LogP contribution in [-0.4, -0.2) is 71.0 Å². The van der Waals surface area contributed by atoms with Gasteiger partial charge in [-0.25, -0.2) is 9.78 Å². The van der Waals surface area contributed by atoms with Crippen LogP contribution >= 0.6 is 0 Å². The van der Waals surface area contributed by atoms with Gasteiger partial charge in [-0.15, -0.1) is 0 Å². The first-order valence-electron chi connectivity index (χ1n) is 14.5. The predicted octanol–water partition coefficient (Wildman–Crippen LogP) is 5.11. The third-order valence-electron chi connectivity index (χ3n) is 8.21. The van der Waals surface area contributed by atoms with Gasteiger partial charge in [-0.2, -0.15) is 0 Å². The Labute approximate surface area is 255 Å². The van der Waals surface area contributed by atoms with Crippen LogP contribution in [0.4, 0.5) is 0 Å². The summed E-state index contributed by atoms with van der Waals surface area (Å²) >= 11 is 0. The Morgan fingerprint density at radius 2 is 1.82 bits per heavy atom. The van der Waals surface area contributed by atoms with E-state index in [0.29, 0.717) is 25.6 Å². The topological polar surface area (TPSA) is 133 Å². The van der Waals surface area contributed by atoms with Gasteiger partial charge in [-0.1, -0.05) is 12.1 Å². The second kappa shape index (κ2) is 13.4. The number of carboxylic acid groups (broad SMARTS) is 2. The second-order valence-electron chi connectivity index (χ2n) is 10.9. The molecule has 2 N–H and O–H groups in total.